The highest BCUT2D eigenvalue weighted by molar-refractivity contribution is 5.93. The summed E-state index contributed by atoms with van der Waals surface area (Å²) in [5, 5.41) is 2.88. The monoisotopic (exact) mass is 123 g/mol. The second-order valence-corrected chi connectivity index (χ2v) is 2.72. The second kappa shape index (κ2) is 1.20. The number of hydrogen-bond acceptors (Lipinski definition) is 1. The number of amides is 1. The van der Waals surface area contributed by atoms with Crippen molar-refractivity contribution in [2.24, 2.45) is 5.92 Å². The van der Waals surface area contributed by atoms with E-state index in [0.717, 1.165) is 6.42 Å². The first-order chi connectivity index (χ1) is 4.28. The van der Waals surface area contributed by atoms with Crippen LogP contribution in [0.4, 0.5) is 0 Å². The highest BCUT2D eigenvalue weighted by atomic mass is 16.2. The van der Waals surface area contributed by atoms with Crippen molar-refractivity contribution in [1.82, 2.24) is 5.32 Å². The van der Waals surface area contributed by atoms with Gasteiger partial charge in [0.2, 0.25) is 5.91 Å². The molecule has 1 amide bonds. The lowest BCUT2D eigenvalue weighted by Gasteiger charge is -2.51. The van der Waals surface area contributed by atoms with Gasteiger partial charge in [0.25, 0.3) is 0 Å². The van der Waals surface area contributed by atoms with E-state index in [0.29, 0.717) is 0 Å². The lowest BCUT2D eigenvalue weighted by molar-refractivity contribution is -0.138. The van der Waals surface area contributed by atoms with Crippen molar-refractivity contribution in [2.75, 3.05) is 0 Å². The Hall–Kier alpha value is -0.790. The van der Waals surface area contributed by atoms with Crippen LogP contribution in [0.1, 0.15) is 13.3 Å². The molecule has 9 heavy (non-hydrogen) atoms. The number of carbonyl (C=O) groups is 1. The van der Waals surface area contributed by atoms with Gasteiger partial charge in [-0.1, -0.05) is 19.1 Å². The molecule has 0 unspecified atom stereocenters. The number of nitrogens with one attached hydrogen (secondary N) is 1. The third-order valence-electron chi connectivity index (χ3n) is 2.36. The Kier molecular flexibility index (Phi) is 0.672. The Labute approximate surface area is 53.9 Å². The van der Waals surface area contributed by atoms with Gasteiger partial charge in [-0.2, -0.15) is 0 Å². The van der Waals surface area contributed by atoms with Crippen LogP contribution in [0.2, 0.25) is 0 Å². The molecule has 2 heteroatoms. The van der Waals surface area contributed by atoms with Crippen LogP contribution in [0.25, 0.3) is 0 Å². The van der Waals surface area contributed by atoms with E-state index in [4.69, 9.17) is 0 Å². The molecule has 0 aromatic heterocycles. The van der Waals surface area contributed by atoms with E-state index < -0.39 is 0 Å². The molecule has 1 N–H and O–H groups in total. The van der Waals surface area contributed by atoms with Crippen LogP contribution in [0.15, 0.2) is 12.2 Å². The summed E-state index contributed by atoms with van der Waals surface area (Å²) in [5.41, 5.74) is 0.0943. The Morgan fingerprint density at radius 2 is 2.67 bits per heavy atom. The molecule has 1 aliphatic heterocycles. The molecule has 0 radical (unpaired) electrons. The van der Waals surface area contributed by atoms with Crippen LogP contribution >= 0.6 is 0 Å². The lowest BCUT2D eigenvalue weighted by Crippen LogP contribution is -2.71. The zero-order valence-corrected chi connectivity index (χ0v) is 5.35. The van der Waals surface area contributed by atoms with E-state index in [-0.39, 0.29) is 17.4 Å². The van der Waals surface area contributed by atoms with Gasteiger partial charge in [-0.25, -0.2) is 0 Å². The number of rotatable bonds is 1. The summed E-state index contributed by atoms with van der Waals surface area (Å²) in [6.07, 6.45) is 5.08. The molecular formula is C7H9NO. The number of carbonyl (C=O) groups excluding carboxylic acids is 1. The number of hydrogen-bond donors (Lipinski definition) is 1. The molecule has 2 atom stereocenters. The molecule has 0 bridgehead atoms. The SMILES string of the molecule is CC[C@@]12C=C[C@@H]1C(=O)N2. The van der Waals surface area contributed by atoms with Crippen LogP contribution in [-0.2, 0) is 4.79 Å². The van der Waals surface area contributed by atoms with E-state index in [9.17, 15) is 4.79 Å². The average molecular weight is 123 g/mol. The molecule has 0 aromatic carbocycles. The van der Waals surface area contributed by atoms with E-state index in [1.807, 2.05) is 6.08 Å². The summed E-state index contributed by atoms with van der Waals surface area (Å²) in [5.74, 6) is 0.404. The van der Waals surface area contributed by atoms with Gasteiger partial charge in [-0.05, 0) is 6.42 Å². The Morgan fingerprint density at radius 3 is 2.78 bits per heavy atom. The van der Waals surface area contributed by atoms with Crippen molar-refractivity contribution in [3.63, 3.8) is 0 Å². The van der Waals surface area contributed by atoms with E-state index in [2.05, 4.69) is 18.3 Å². The molecule has 1 heterocycles. The molecular weight excluding hydrogens is 114 g/mol. The third-order valence-corrected chi connectivity index (χ3v) is 2.36. The van der Waals surface area contributed by atoms with Gasteiger partial charge in [-0.3, -0.25) is 4.79 Å². The van der Waals surface area contributed by atoms with Crippen molar-refractivity contribution >= 4 is 5.91 Å². The highest BCUT2D eigenvalue weighted by Gasteiger charge is 2.53. The molecule has 1 fully saturated rings. The quantitative estimate of drug-likeness (QED) is 0.398. The summed E-state index contributed by atoms with van der Waals surface area (Å²) in [6.45, 7) is 2.09. The first-order valence-electron chi connectivity index (χ1n) is 3.30. The predicted octanol–water partition coefficient (Wildman–Crippen LogP) is 0.451. The molecule has 0 aromatic rings. The molecule has 0 spiro atoms. The zero-order chi connectivity index (χ0) is 6.48. The summed E-state index contributed by atoms with van der Waals surface area (Å²) < 4.78 is 0. The second-order valence-electron chi connectivity index (χ2n) is 2.72. The standard InChI is InChI=1S/C7H9NO/c1-2-7-4-3-5(7)6(9)8-7/h3-5H,2H2,1H3,(H,8,9)/t5-,7-/m1/s1. The number of fused-ring (bicyclic) bond motifs is 1. The van der Waals surface area contributed by atoms with Crippen LogP contribution < -0.4 is 5.32 Å². The number of β-lactam (4-membered cyclic amide) rings is 1. The van der Waals surface area contributed by atoms with Crippen molar-refractivity contribution in [2.45, 2.75) is 18.9 Å². The van der Waals surface area contributed by atoms with E-state index >= 15 is 0 Å². The van der Waals surface area contributed by atoms with Gasteiger partial charge in [0.05, 0.1) is 11.5 Å². The summed E-state index contributed by atoms with van der Waals surface area (Å²) in [4.78, 5) is 10.7. The van der Waals surface area contributed by atoms with Crippen molar-refractivity contribution in [3.05, 3.63) is 12.2 Å². The Morgan fingerprint density at radius 1 is 1.89 bits per heavy atom. The molecule has 1 saturated heterocycles. The first kappa shape index (κ1) is 5.03. The van der Waals surface area contributed by atoms with Crippen LogP contribution in [0, 0.1) is 5.92 Å². The minimum absolute atomic E-state index is 0.0943. The largest absolute Gasteiger partial charge is 0.345 e. The lowest BCUT2D eigenvalue weighted by atomic mass is 9.66. The van der Waals surface area contributed by atoms with Crippen LogP contribution in [-0.4, -0.2) is 11.4 Å². The molecule has 2 rings (SSSR count). The first-order valence-corrected chi connectivity index (χ1v) is 3.30. The predicted molar refractivity (Wildman–Crippen MR) is 33.8 cm³/mol. The van der Waals surface area contributed by atoms with Gasteiger partial charge in [0.15, 0.2) is 0 Å². The van der Waals surface area contributed by atoms with E-state index in [1.165, 1.54) is 0 Å². The Bertz CT molecular complexity index is 197. The molecule has 2 aliphatic rings. The van der Waals surface area contributed by atoms with Crippen molar-refractivity contribution in [1.29, 1.82) is 0 Å². The minimum atomic E-state index is 0.0943. The molecule has 0 saturated carbocycles. The molecule has 48 valence electrons. The maximum Gasteiger partial charge on any atom is 0.230 e. The summed E-state index contributed by atoms with van der Waals surface area (Å²) in [6, 6.07) is 0. The topological polar surface area (TPSA) is 29.1 Å². The van der Waals surface area contributed by atoms with Gasteiger partial charge >= 0.3 is 0 Å². The van der Waals surface area contributed by atoms with Crippen LogP contribution in [0.3, 0.4) is 0 Å². The fourth-order valence-electron chi connectivity index (χ4n) is 1.52. The van der Waals surface area contributed by atoms with Gasteiger partial charge in [-0.15, -0.1) is 0 Å². The van der Waals surface area contributed by atoms with Gasteiger partial charge in [0.1, 0.15) is 0 Å². The molecule has 1 aliphatic carbocycles. The maximum atomic E-state index is 10.7. The summed E-state index contributed by atoms with van der Waals surface area (Å²) >= 11 is 0. The molecule has 2 nitrogen and oxygen atoms in total. The minimum Gasteiger partial charge on any atom is -0.345 e. The van der Waals surface area contributed by atoms with Crippen molar-refractivity contribution in [3.8, 4) is 0 Å². The Balaban J connectivity index is 2.24. The fourth-order valence-corrected chi connectivity index (χ4v) is 1.52. The van der Waals surface area contributed by atoms with Gasteiger partial charge < -0.3 is 5.32 Å². The summed E-state index contributed by atoms with van der Waals surface area (Å²) in [7, 11) is 0. The van der Waals surface area contributed by atoms with Gasteiger partial charge in [0, 0.05) is 0 Å². The van der Waals surface area contributed by atoms with Crippen molar-refractivity contribution < 1.29 is 4.79 Å². The zero-order valence-electron chi connectivity index (χ0n) is 5.35. The van der Waals surface area contributed by atoms with E-state index in [1.54, 1.807) is 0 Å². The smallest absolute Gasteiger partial charge is 0.230 e. The maximum absolute atomic E-state index is 10.7. The van der Waals surface area contributed by atoms with Crippen LogP contribution in [0.5, 0.6) is 0 Å². The third kappa shape index (κ3) is 0.363. The normalized spacial score (nSPS) is 44.6. The fraction of sp³-hybridized carbons (Fsp3) is 0.571. The average Bonchev–Trinajstić information content (AvgIpc) is 1.81. The highest BCUT2D eigenvalue weighted by Crippen LogP contribution is 2.40.